The van der Waals surface area contributed by atoms with E-state index in [1.54, 1.807) is 25.5 Å². The average Bonchev–Trinajstić information content (AvgIpc) is 3.03. The largest absolute Gasteiger partial charge is 0.330 e. The van der Waals surface area contributed by atoms with E-state index in [0.29, 0.717) is 5.56 Å². The number of aromatic nitrogens is 3. The lowest BCUT2D eigenvalue weighted by molar-refractivity contribution is 0.0605. The predicted molar refractivity (Wildman–Crippen MR) is 77.9 cm³/mol. The molecule has 0 spiro atoms. The van der Waals surface area contributed by atoms with Crippen molar-refractivity contribution in [3.63, 3.8) is 0 Å². The second kappa shape index (κ2) is 5.55. The summed E-state index contributed by atoms with van der Waals surface area (Å²) in [4.78, 5) is 26.1. The van der Waals surface area contributed by atoms with Crippen LogP contribution in [-0.2, 0) is 7.05 Å². The van der Waals surface area contributed by atoms with Crippen LogP contribution in [0.3, 0.4) is 0 Å². The van der Waals surface area contributed by atoms with Crippen LogP contribution in [0, 0.1) is 0 Å². The number of amides is 1. The van der Waals surface area contributed by atoms with Gasteiger partial charge in [-0.25, -0.2) is 0 Å². The summed E-state index contributed by atoms with van der Waals surface area (Å²) < 4.78 is 1.43. The molecule has 1 fully saturated rings. The number of hydrogen-bond acceptors (Lipinski definition) is 3. The Morgan fingerprint density at radius 1 is 1.33 bits per heavy atom. The third-order valence-corrected chi connectivity index (χ3v) is 3.98. The fraction of sp³-hybridized carbons (Fsp3) is 0.400. The zero-order chi connectivity index (χ0) is 14.8. The first-order valence-electron chi connectivity index (χ1n) is 7.14. The number of nitrogens with zero attached hydrogens (tertiary/aromatic N) is 3. The summed E-state index contributed by atoms with van der Waals surface area (Å²) in [5.41, 5.74) is 1.40. The number of pyridine rings is 1. The zero-order valence-electron chi connectivity index (χ0n) is 12.0. The molecule has 2 aromatic heterocycles. The van der Waals surface area contributed by atoms with Gasteiger partial charge in [0, 0.05) is 32.1 Å². The minimum atomic E-state index is -0.115. The summed E-state index contributed by atoms with van der Waals surface area (Å²) in [6.07, 6.45) is 6.34. The SMILES string of the molecule is Cn1cc(C(=O)N2CCCCC2c2ccn[nH]2)ccc1=O. The summed E-state index contributed by atoms with van der Waals surface area (Å²) in [6.45, 7) is 0.728. The van der Waals surface area contributed by atoms with Gasteiger partial charge in [0.05, 0.1) is 17.3 Å². The molecule has 1 amide bonds. The maximum atomic E-state index is 12.7. The molecule has 1 N–H and O–H groups in total. The first-order valence-corrected chi connectivity index (χ1v) is 7.14. The molecule has 21 heavy (non-hydrogen) atoms. The molecule has 6 heteroatoms. The smallest absolute Gasteiger partial charge is 0.255 e. The monoisotopic (exact) mass is 286 g/mol. The summed E-state index contributed by atoms with van der Waals surface area (Å²) in [5.74, 6) is -0.0371. The lowest BCUT2D eigenvalue weighted by Crippen LogP contribution is -2.39. The summed E-state index contributed by atoms with van der Waals surface area (Å²) in [5, 5.41) is 6.95. The molecule has 3 rings (SSSR count). The average molecular weight is 286 g/mol. The van der Waals surface area contributed by atoms with Crippen LogP contribution in [0.25, 0.3) is 0 Å². The van der Waals surface area contributed by atoms with Gasteiger partial charge < -0.3 is 9.47 Å². The van der Waals surface area contributed by atoms with Crippen LogP contribution in [0.15, 0.2) is 35.4 Å². The van der Waals surface area contributed by atoms with Gasteiger partial charge in [-0.3, -0.25) is 14.7 Å². The molecule has 3 heterocycles. The zero-order valence-corrected chi connectivity index (χ0v) is 12.0. The Labute approximate surface area is 122 Å². The van der Waals surface area contributed by atoms with E-state index < -0.39 is 0 Å². The summed E-state index contributed by atoms with van der Waals surface area (Å²) in [6, 6.07) is 4.98. The van der Waals surface area contributed by atoms with Crippen molar-refractivity contribution >= 4 is 5.91 Å². The van der Waals surface area contributed by atoms with E-state index in [-0.39, 0.29) is 17.5 Å². The van der Waals surface area contributed by atoms with Crippen molar-refractivity contribution in [3.8, 4) is 0 Å². The Morgan fingerprint density at radius 2 is 2.19 bits per heavy atom. The highest BCUT2D eigenvalue weighted by Gasteiger charge is 2.29. The van der Waals surface area contributed by atoms with Crippen molar-refractivity contribution in [2.75, 3.05) is 6.54 Å². The van der Waals surface area contributed by atoms with Gasteiger partial charge in [-0.05, 0) is 31.4 Å². The fourth-order valence-electron chi connectivity index (χ4n) is 2.84. The molecule has 0 aromatic carbocycles. The molecule has 0 radical (unpaired) electrons. The van der Waals surface area contributed by atoms with E-state index in [0.717, 1.165) is 31.5 Å². The number of rotatable bonds is 2. The number of carbonyl (C=O) groups is 1. The molecule has 6 nitrogen and oxygen atoms in total. The molecular weight excluding hydrogens is 268 g/mol. The number of likely N-dealkylation sites (tertiary alicyclic amines) is 1. The van der Waals surface area contributed by atoms with Crippen molar-refractivity contribution in [2.24, 2.45) is 7.05 Å². The maximum absolute atomic E-state index is 12.7. The molecule has 1 aliphatic heterocycles. The number of hydrogen-bond donors (Lipinski definition) is 1. The highest BCUT2D eigenvalue weighted by atomic mass is 16.2. The second-order valence-corrected chi connectivity index (χ2v) is 5.39. The van der Waals surface area contributed by atoms with Gasteiger partial charge in [-0.1, -0.05) is 0 Å². The number of H-pyrrole nitrogens is 1. The molecule has 1 unspecified atom stereocenters. The number of aromatic amines is 1. The first kappa shape index (κ1) is 13.6. The summed E-state index contributed by atoms with van der Waals surface area (Å²) in [7, 11) is 1.65. The Balaban J connectivity index is 1.90. The molecule has 1 atom stereocenters. The topological polar surface area (TPSA) is 71.0 Å². The lowest BCUT2D eigenvalue weighted by atomic mass is 9.98. The van der Waals surface area contributed by atoms with E-state index in [4.69, 9.17) is 0 Å². The molecule has 0 saturated carbocycles. The van der Waals surface area contributed by atoms with Crippen molar-refractivity contribution in [1.29, 1.82) is 0 Å². The van der Waals surface area contributed by atoms with E-state index in [9.17, 15) is 9.59 Å². The Bertz CT molecular complexity index is 690. The standard InChI is InChI=1S/C15H18N4O2/c1-18-10-11(5-6-14(18)20)15(21)19-9-3-2-4-13(19)12-7-8-16-17-12/h5-8,10,13H,2-4,9H2,1H3,(H,16,17). The predicted octanol–water partition coefficient (Wildman–Crippen LogP) is 1.48. The molecule has 1 aliphatic rings. The van der Waals surface area contributed by atoms with Gasteiger partial charge >= 0.3 is 0 Å². The molecular formula is C15H18N4O2. The molecule has 110 valence electrons. The minimum Gasteiger partial charge on any atom is -0.330 e. The van der Waals surface area contributed by atoms with Crippen molar-refractivity contribution < 1.29 is 4.79 Å². The fourth-order valence-corrected chi connectivity index (χ4v) is 2.84. The Morgan fingerprint density at radius 3 is 2.90 bits per heavy atom. The quantitative estimate of drug-likeness (QED) is 0.909. The van der Waals surface area contributed by atoms with Crippen molar-refractivity contribution in [3.05, 3.63) is 52.2 Å². The normalized spacial score (nSPS) is 18.7. The Hall–Kier alpha value is -2.37. The highest BCUT2D eigenvalue weighted by Crippen LogP contribution is 2.30. The van der Waals surface area contributed by atoms with Gasteiger partial charge in [0.2, 0.25) is 5.56 Å². The third kappa shape index (κ3) is 2.61. The Kier molecular flexibility index (Phi) is 3.60. The molecule has 2 aromatic rings. The second-order valence-electron chi connectivity index (χ2n) is 5.39. The molecule has 1 saturated heterocycles. The van der Waals surface area contributed by atoms with Gasteiger partial charge in [-0.15, -0.1) is 0 Å². The van der Waals surface area contributed by atoms with Gasteiger partial charge in [-0.2, -0.15) is 5.10 Å². The lowest BCUT2D eigenvalue weighted by Gasteiger charge is -2.35. The number of carbonyl (C=O) groups excluding carboxylic acids is 1. The van der Waals surface area contributed by atoms with E-state index in [1.165, 1.54) is 10.6 Å². The molecule has 0 bridgehead atoms. The number of nitrogens with one attached hydrogen (secondary N) is 1. The third-order valence-electron chi connectivity index (χ3n) is 3.98. The van der Waals surface area contributed by atoms with Gasteiger partial charge in [0.25, 0.3) is 5.91 Å². The van der Waals surface area contributed by atoms with Crippen molar-refractivity contribution in [1.82, 2.24) is 19.7 Å². The van der Waals surface area contributed by atoms with Crippen LogP contribution in [0.4, 0.5) is 0 Å². The van der Waals surface area contributed by atoms with Crippen LogP contribution < -0.4 is 5.56 Å². The van der Waals surface area contributed by atoms with Crippen LogP contribution in [-0.4, -0.2) is 32.1 Å². The van der Waals surface area contributed by atoms with E-state index >= 15 is 0 Å². The van der Waals surface area contributed by atoms with Crippen LogP contribution in [0.1, 0.15) is 41.4 Å². The first-order chi connectivity index (χ1) is 10.2. The highest BCUT2D eigenvalue weighted by molar-refractivity contribution is 5.94. The maximum Gasteiger partial charge on any atom is 0.255 e. The number of piperidine rings is 1. The van der Waals surface area contributed by atoms with Crippen LogP contribution in [0.5, 0.6) is 0 Å². The molecule has 0 aliphatic carbocycles. The van der Waals surface area contributed by atoms with Crippen molar-refractivity contribution in [2.45, 2.75) is 25.3 Å². The summed E-state index contributed by atoms with van der Waals surface area (Å²) >= 11 is 0. The van der Waals surface area contributed by atoms with Gasteiger partial charge in [0.15, 0.2) is 0 Å². The van der Waals surface area contributed by atoms with Crippen LogP contribution >= 0.6 is 0 Å². The van der Waals surface area contributed by atoms with E-state index in [1.807, 2.05) is 11.0 Å². The van der Waals surface area contributed by atoms with Crippen LogP contribution in [0.2, 0.25) is 0 Å². The van der Waals surface area contributed by atoms with E-state index in [2.05, 4.69) is 10.2 Å². The minimum absolute atomic E-state index is 0.0333. The number of aryl methyl sites for hydroxylation is 1. The van der Waals surface area contributed by atoms with Gasteiger partial charge in [0.1, 0.15) is 0 Å².